The van der Waals surface area contributed by atoms with Crippen LogP contribution in [0, 0.1) is 0 Å². The summed E-state index contributed by atoms with van der Waals surface area (Å²) in [4.78, 5) is 32.4. The van der Waals surface area contributed by atoms with Crippen molar-refractivity contribution in [2.24, 2.45) is 5.73 Å². The van der Waals surface area contributed by atoms with Crippen molar-refractivity contribution in [1.29, 1.82) is 0 Å². The number of rotatable bonds is 6. The van der Waals surface area contributed by atoms with Gasteiger partial charge in [-0.2, -0.15) is 5.10 Å². The maximum Gasteiger partial charge on any atom is 0.261 e. The van der Waals surface area contributed by atoms with Gasteiger partial charge >= 0.3 is 0 Å². The van der Waals surface area contributed by atoms with E-state index in [-0.39, 0.29) is 5.91 Å². The van der Waals surface area contributed by atoms with Crippen molar-refractivity contribution in [2.75, 3.05) is 10.6 Å². The van der Waals surface area contributed by atoms with Gasteiger partial charge in [0.25, 0.3) is 5.91 Å². The van der Waals surface area contributed by atoms with Crippen molar-refractivity contribution in [3.05, 3.63) is 83.9 Å². The largest absolute Gasteiger partial charge is 0.366 e. The van der Waals surface area contributed by atoms with Gasteiger partial charge in [0.1, 0.15) is 11.4 Å². The Balaban J connectivity index is 1.52. The second-order valence-electron chi connectivity index (χ2n) is 6.25. The lowest BCUT2D eigenvalue weighted by atomic mass is 10.2. The van der Waals surface area contributed by atoms with Crippen LogP contribution in [0.3, 0.4) is 0 Å². The fraction of sp³-hybridized carbons (Fsp3) is 0.0500. The highest BCUT2D eigenvalue weighted by atomic mass is 16.2. The van der Waals surface area contributed by atoms with E-state index in [0.717, 1.165) is 5.56 Å². The molecule has 4 aromatic rings. The number of nitrogens with one attached hydrogen (secondary N) is 2. The molecule has 0 radical (unpaired) electrons. The molecule has 0 fully saturated rings. The van der Waals surface area contributed by atoms with E-state index in [1.807, 2.05) is 12.1 Å². The number of carbonyl (C=O) groups is 2. The predicted octanol–water partition coefficient (Wildman–Crippen LogP) is 2.09. The summed E-state index contributed by atoms with van der Waals surface area (Å²) in [5, 5.41) is 10.1. The van der Waals surface area contributed by atoms with Crippen LogP contribution in [0.25, 0.3) is 5.65 Å². The molecular weight excluding hydrogens is 370 g/mol. The van der Waals surface area contributed by atoms with Crippen LogP contribution in [-0.4, -0.2) is 31.4 Å². The number of carbonyl (C=O) groups excluding carboxylic acids is 2. The van der Waals surface area contributed by atoms with Crippen molar-refractivity contribution in [2.45, 2.75) is 6.54 Å². The van der Waals surface area contributed by atoms with Crippen molar-refractivity contribution < 1.29 is 9.59 Å². The Hall–Kier alpha value is -4.27. The molecule has 9 nitrogen and oxygen atoms in total. The van der Waals surface area contributed by atoms with Crippen LogP contribution in [0.1, 0.15) is 26.3 Å². The average molecular weight is 387 g/mol. The number of nitrogens with zero attached hydrogens (tertiary/aromatic N) is 4. The minimum Gasteiger partial charge on any atom is -0.366 e. The number of benzene rings is 1. The molecule has 4 N–H and O–H groups in total. The zero-order valence-electron chi connectivity index (χ0n) is 15.2. The van der Waals surface area contributed by atoms with Crippen LogP contribution in [0.5, 0.6) is 0 Å². The Morgan fingerprint density at radius 1 is 1.07 bits per heavy atom. The van der Waals surface area contributed by atoms with Gasteiger partial charge in [-0.05, 0) is 42.0 Å². The highest BCUT2D eigenvalue weighted by molar-refractivity contribution is 6.08. The molecule has 0 aliphatic rings. The molecule has 0 aliphatic heterocycles. The lowest BCUT2D eigenvalue weighted by Crippen LogP contribution is -2.13. The van der Waals surface area contributed by atoms with E-state index in [2.05, 4.69) is 25.7 Å². The number of amides is 2. The monoisotopic (exact) mass is 387 g/mol. The van der Waals surface area contributed by atoms with Gasteiger partial charge in [0.15, 0.2) is 5.65 Å². The number of aromatic nitrogens is 4. The highest BCUT2D eigenvalue weighted by Crippen LogP contribution is 2.16. The van der Waals surface area contributed by atoms with Gasteiger partial charge in [0, 0.05) is 36.4 Å². The molecule has 4 rings (SSSR count). The smallest absolute Gasteiger partial charge is 0.261 e. The lowest BCUT2D eigenvalue weighted by Gasteiger charge is -2.07. The summed E-state index contributed by atoms with van der Waals surface area (Å²) < 4.78 is 1.53. The number of hydrogen-bond donors (Lipinski definition) is 3. The SMILES string of the molecule is NC(=O)c1ccc(NC(=O)c2cnn3ccc(NCc4cccnc4)nc23)cc1. The number of hydrogen-bond acceptors (Lipinski definition) is 6. The molecule has 1 aromatic carbocycles. The van der Waals surface area contributed by atoms with Crippen molar-refractivity contribution >= 4 is 29.0 Å². The lowest BCUT2D eigenvalue weighted by molar-refractivity contribution is 0.0998. The van der Waals surface area contributed by atoms with E-state index in [1.165, 1.54) is 10.7 Å². The molecule has 29 heavy (non-hydrogen) atoms. The van der Waals surface area contributed by atoms with E-state index < -0.39 is 5.91 Å². The van der Waals surface area contributed by atoms with Crippen LogP contribution in [0.2, 0.25) is 0 Å². The number of nitrogens with two attached hydrogens (primary N) is 1. The van der Waals surface area contributed by atoms with Crippen LogP contribution in [-0.2, 0) is 6.54 Å². The normalized spacial score (nSPS) is 10.6. The second kappa shape index (κ2) is 7.77. The van der Waals surface area contributed by atoms with Crippen LogP contribution < -0.4 is 16.4 Å². The first-order valence-electron chi connectivity index (χ1n) is 8.78. The van der Waals surface area contributed by atoms with Gasteiger partial charge in [0.05, 0.1) is 6.20 Å². The molecule has 0 atom stereocenters. The molecule has 0 unspecified atom stereocenters. The summed E-state index contributed by atoms with van der Waals surface area (Å²) in [7, 11) is 0. The average Bonchev–Trinajstić information content (AvgIpc) is 3.17. The third-order valence-electron chi connectivity index (χ3n) is 4.24. The van der Waals surface area contributed by atoms with Crippen LogP contribution >= 0.6 is 0 Å². The summed E-state index contributed by atoms with van der Waals surface area (Å²) in [6.45, 7) is 0.554. The fourth-order valence-electron chi connectivity index (χ4n) is 2.74. The first-order chi connectivity index (χ1) is 14.1. The standard InChI is InChI=1S/C20H17N7O2/c21-18(28)14-3-5-15(6-4-14)25-20(29)16-12-24-27-9-7-17(26-19(16)27)23-11-13-2-1-8-22-10-13/h1-10,12H,11H2,(H2,21,28)(H,23,26)(H,25,29). The molecular formula is C20H17N7O2. The maximum atomic E-state index is 12.7. The molecule has 0 saturated carbocycles. The summed E-state index contributed by atoms with van der Waals surface area (Å²) in [6.07, 6.45) is 6.67. The molecule has 0 saturated heterocycles. The van der Waals surface area contributed by atoms with Gasteiger partial charge < -0.3 is 16.4 Å². The Bertz CT molecular complexity index is 1170. The molecule has 0 aliphatic carbocycles. The van der Waals surface area contributed by atoms with Gasteiger partial charge in [0.2, 0.25) is 5.91 Å². The summed E-state index contributed by atoms with van der Waals surface area (Å²) in [5.74, 6) is -0.272. The van der Waals surface area contributed by atoms with Crippen molar-refractivity contribution in [3.8, 4) is 0 Å². The second-order valence-corrected chi connectivity index (χ2v) is 6.25. The quantitative estimate of drug-likeness (QED) is 0.465. The first-order valence-corrected chi connectivity index (χ1v) is 8.78. The number of primary amides is 1. The number of fused-ring (bicyclic) bond motifs is 1. The first kappa shape index (κ1) is 18.1. The van der Waals surface area contributed by atoms with Crippen molar-refractivity contribution in [3.63, 3.8) is 0 Å². The highest BCUT2D eigenvalue weighted by Gasteiger charge is 2.15. The van der Waals surface area contributed by atoms with E-state index in [4.69, 9.17) is 5.73 Å². The molecule has 3 heterocycles. The van der Waals surface area contributed by atoms with Crippen LogP contribution in [0.15, 0.2) is 67.3 Å². The molecule has 0 bridgehead atoms. The summed E-state index contributed by atoms with van der Waals surface area (Å²) in [6, 6.07) is 11.9. The topological polar surface area (TPSA) is 127 Å². The van der Waals surface area contributed by atoms with Gasteiger partial charge in [-0.1, -0.05) is 6.07 Å². The van der Waals surface area contributed by atoms with E-state index in [9.17, 15) is 9.59 Å². The van der Waals surface area contributed by atoms with Gasteiger partial charge in [-0.3, -0.25) is 14.6 Å². The Morgan fingerprint density at radius 3 is 2.62 bits per heavy atom. The Labute approximate surface area is 165 Å². The fourth-order valence-corrected chi connectivity index (χ4v) is 2.74. The zero-order chi connectivity index (χ0) is 20.2. The Morgan fingerprint density at radius 2 is 1.90 bits per heavy atom. The zero-order valence-corrected chi connectivity index (χ0v) is 15.2. The van der Waals surface area contributed by atoms with E-state index in [0.29, 0.717) is 34.8 Å². The Kier molecular flexibility index (Phi) is 4.85. The molecule has 3 aromatic heterocycles. The van der Waals surface area contributed by atoms with E-state index >= 15 is 0 Å². The molecule has 144 valence electrons. The maximum absolute atomic E-state index is 12.7. The molecule has 9 heteroatoms. The number of pyridine rings is 1. The third kappa shape index (κ3) is 4.03. The summed E-state index contributed by atoms with van der Waals surface area (Å²) >= 11 is 0. The van der Waals surface area contributed by atoms with E-state index in [1.54, 1.807) is 48.9 Å². The third-order valence-corrected chi connectivity index (χ3v) is 4.24. The predicted molar refractivity (Wildman–Crippen MR) is 107 cm³/mol. The summed E-state index contributed by atoms with van der Waals surface area (Å²) in [5.41, 5.74) is 7.89. The van der Waals surface area contributed by atoms with Crippen LogP contribution in [0.4, 0.5) is 11.5 Å². The van der Waals surface area contributed by atoms with Gasteiger partial charge in [-0.25, -0.2) is 9.50 Å². The minimum atomic E-state index is -0.527. The van der Waals surface area contributed by atoms with Crippen molar-refractivity contribution in [1.82, 2.24) is 19.6 Å². The van der Waals surface area contributed by atoms with Gasteiger partial charge in [-0.15, -0.1) is 0 Å². The minimum absolute atomic E-state index is 0.328. The molecule has 0 spiro atoms. The number of anilines is 2. The molecule has 2 amide bonds.